The number of ketones is 1. The number of rotatable bonds is 1. The van der Waals surface area contributed by atoms with Crippen LogP contribution in [0.3, 0.4) is 0 Å². The molecule has 5 heteroatoms. The quantitative estimate of drug-likeness (QED) is 0.705. The number of aromatic nitrogens is 2. The molecule has 27 heavy (non-hydrogen) atoms. The summed E-state index contributed by atoms with van der Waals surface area (Å²) in [6.07, 6.45) is 1.48. The molecule has 0 radical (unpaired) electrons. The average molecular weight is 367 g/mol. The normalized spacial score (nSPS) is 20.2. The van der Waals surface area contributed by atoms with Gasteiger partial charge in [-0.3, -0.25) is 9.89 Å². The topological polar surface area (TPSA) is 78.0 Å². The van der Waals surface area contributed by atoms with Crippen molar-refractivity contribution in [2.24, 2.45) is 5.41 Å². The zero-order valence-electron chi connectivity index (χ0n) is 16.8. The Morgan fingerprint density at radius 1 is 1.19 bits per heavy atom. The van der Waals surface area contributed by atoms with E-state index in [1.165, 1.54) is 5.56 Å². The molecule has 1 aromatic heterocycles. The van der Waals surface area contributed by atoms with Gasteiger partial charge in [0.1, 0.15) is 0 Å². The Morgan fingerprint density at radius 2 is 1.81 bits per heavy atom. The Balaban J connectivity index is 0.000000659. The number of nitrogens with zero attached hydrogens (tertiary/aromatic N) is 1. The lowest BCUT2D eigenvalue weighted by atomic mass is 9.69. The number of aromatic amines is 1. The molecule has 2 heterocycles. The van der Waals surface area contributed by atoms with Crippen molar-refractivity contribution in [3.05, 3.63) is 57.9 Å². The van der Waals surface area contributed by atoms with Gasteiger partial charge in [-0.05, 0) is 38.2 Å². The fourth-order valence-electron chi connectivity index (χ4n) is 4.05. The number of aliphatic hydroxyl groups is 1. The van der Waals surface area contributed by atoms with Gasteiger partial charge in [0.05, 0.1) is 0 Å². The number of hydrogen-bond acceptors (Lipinski definition) is 4. The zero-order valence-corrected chi connectivity index (χ0v) is 16.8. The monoisotopic (exact) mass is 367 g/mol. The number of H-pyrrole nitrogens is 1. The minimum Gasteiger partial charge on any atom is -0.397 e. The number of anilines is 1. The number of Topliss-reactive ketones (excluding diaryl/α,β-unsaturated/α-hetero) is 1. The zero-order chi connectivity index (χ0) is 19.8. The maximum Gasteiger partial charge on any atom is 0.162 e. The SMILES string of the molecule is CCO.Cc1ccc(C2C3=C(CC(C)(C)CC3=O)Nc3n[nH]c(C)c32)cc1. The number of carbonyl (C=O) groups excluding carboxylic acids is 1. The number of fused-ring (bicyclic) bond motifs is 1. The van der Waals surface area contributed by atoms with Gasteiger partial charge in [0, 0.05) is 41.5 Å². The molecule has 0 saturated heterocycles. The minimum atomic E-state index is -0.0285. The lowest BCUT2D eigenvalue weighted by Crippen LogP contribution is -2.33. The first-order chi connectivity index (χ1) is 12.8. The Kier molecular flexibility index (Phi) is 5.24. The summed E-state index contributed by atoms with van der Waals surface area (Å²) in [7, 11) is 0. The summed E-state index contributed by atoms with van der Waals surface area (Å²) in [5, 5.41) is 18.5. The summed E-state index contributed by atoms with van der Waals surface area (Å²) in [6, 6.07) is 8.51. The van der Waals surface area contributed by atoms with E-state index < -0.39 is 0 Å². The molecule has 0 saturated carbocycles. The van der Waals surface area contributed by atoms with Crippen molar-refractivity contribution in [3.8, 4) is 0 Å². The molecule has 1 aromatic carbocycles. The number of carbonyl (C=O) groups is 1. The van der Waals surface area contributed by atoms with Crippen molar-refractivity contribution < 1.29 is 9.90 Å². The van der Waals surface area contributed by atoms with Crippen LogP contribution in [-0.4, -0.2) is 27.7 Å². The molecule has 0 bridgehead atoms. The van der Waals surface area contributed by atoms with Gasteiger partial charge in [0.25, 0.3) is 0 Å². The first kappa shape index (κ1) is 19.4. The third-order valence-corrected chi connectivity index (χ3v) is 5.17. The van der Waals surface area contributed by atoms with E-state index in [1.807, 2.05) is 6.92 Å². The summed E-state index contributed by atoms with van der Waals surface area (Å²) >= 11 is 0. The Hall–Kier alpha value is -2.40. The second kappa shape index (κ2) is 7.31. The van der Waals surface area contributed by atoms with Crippen LogP contribution in [0.25, 0.3) is 0 Å². The van der Waals surface area contributed by atoms with Crippen molar-refractivity contribution in [2.45, 2.75) is 53.4 Å². The lowest BCUT2D eigenvalue weighted by molar-refractivity contribution is -0.118. The van der Waals surface area contributed by atoms with Crippen LogP contribution in [0, 0.1) is 19.3 Å². The van der Waals surface area contributed by atoms with Crippen molar-refractivity contribution >= 4 is 11.6 Å². The number of benzene rings is 1. The fraction of sp³-hybridized carbons (Fsp3) is 0.455. The van der Waals surface area contributed by atoms with E-state index in [9.17, 15) is 4.79 Å². The number of aryl methyl sites for hydroxylation is 2. The second-order valence-electron chi connectivity index (χ2n) is 8.23. The largest absolute Gasteiger partial charge is 0.397 e. The van der Waals surface area contributed by atoms with Gasteiger partial charge in [0.2, 0.25) is 0 Å². The van der Waals surface area contributed by atoms with Gasteiger partial charge in [-0.15, -0.1) is 0 Å². The van der Waals surface area contributed by atoms with Crippen LogP contribution in [0.5, 0.6) is 0 Å². The van der Waals surface area contributed by atoms with Gasteiger partial charge >= 0.3 is 0 Å². The molecule has 0 fully saturated rings. The standard InChI is InChI=1S/C20H23N3O.C2H6O/c1-11-5-7-13(8-6-11)17-16-12(2)22-23-19(16)21-14-9-20(3,4)10-15(24)18(14)17;1-2-3/h5-8,17H,9-10H2,1-4H3,(H2,21,22,23);3H,2H2,1H3. The predicted octanol–water partition coefficient (Wildman–Crippen LogP) is 4.23. The van der Waals surface area contributed by atoms with Crippen molar-refractivity contribution in [2.75, 3.05) is 11.9 Å². The summed E-state index contributed by atoms with van der Waals surface area (Å²) in [5.41, 5.74) is 6.47. The molecule has 1 atom stereocenters. The average Bonchev–Trinajstić information content (AvgIpc) is 2.94. The Bertz CT molecular complexity index is 875. The summed E-state index contributed by atoms with van der Waals surface area (Å²) in [5.74, 6) is 1.09. The highest BCUT2D eigenvalue weighted by molar-refractivity contribution is 6.01. The van der Waals surface area contributed by atoms with E-state index in [-0.39, 0.29) is 23.7 Å². The molecule has 4 rings (SSSR count). The van der Waals surface area contributed by atoms with E-state index in [2.05, 4.69) is 60.6 Å². The van der Waals surface area contributed by atoms with Crippen LogP contribution in [0.1, 0.15) is 61.9 Å². The van der Waals surface area contributed by atoms with E-state index in [1.54, 1.807) is 6.92 Å². The van der Waals surface area contributed by atoms with Crippen LogP contribution in [-0.2, 0) is 4.79 Å². The van der Waals surface area contributed by atoms with Crippen LogP contribution in [0.2, 0.25) is 0 Å². The van der Waals surface area contributed by atoms with Crippen molar-refractivity contribution in [3.63, 3.8) is 0 Å². The Labute approximate surface area is 160 Å². The van der Waals surface area contributed by atoms with Crippen LogP contribution < -0.4 is 5.32 Å². The molecule has 2 aromatic rings. The third-order valence-electron chi connectivity index (χ3n) is 5.17. The number of aliphatic hydroxyl groups excluding tert-OH is 1. The predicted molar refractivity (Wildman–Crippen MR) is 108 cm³/mol. The maximum atomic E-state index is 13.0. The third kappa shape index (κ3) is 3.69. The highest BCUT2D eigenvalue weighted by atomic mass is 16.2. The van der Waals surface area contributed by atoms with E-state index >= 15 is 0 Å². The molecule has 144 valence electrons. The maximum absolute atomic E-state index is 13.0. The van der Waals surface area contributed by atoms with Gasteiger partial charge in [-0.2, -0.15) is 5.10 Å². The van der Waals surface area contributed by atoms with Gasteiger partial charge in [-0.25, -0.2) is 0 Å². The summed E-state index contributed by atoms with van der Waals surface area (Å²) < 4.78 is 0. The molecule has 1 aliphatic carbocycles. The van der Waals surface area contributed by atoms with Crippen molar-refractivity contribution in [1.82, 2.24) is 10.2 Å². The van der Waals surface area contributed by atoms with E-state index in [4.69, 9.17) is 5.11 Å². The summed E-state index contributed by atoms with van der Waals surface area (Å²) in [6.45, 7) is 10.3. The fourth-order valence-corrected chi connectivity index (χ4v) is 4.05. The number of hydrogen-bond donors (Lipinski definition) is 3. The molecule has 0 amide bonds. The van der Waals surface area contributed by atoms with Crippen LogP contribution in [0.15, 0.2) is 35.5 Å². The first-order valence-electron chi connectivity index (χ1n) is 9.53. The molecule has 5 nitrogen and oxygen atoms in total. The highest BCUT2D eigenvalue weighted by Crippen LogP contribution is 2.49. The molecule has 0 spiro atoms. The number of allylic oxidation sites excluding steroid dienone is 2. The van der Waals surface area contributed by atoms with Crippen LogP contribution >= 0.6 is 0 Å². The summed E-state index contributed by atoms with van der Waals surface area (Å²) in [4.78, 5) is 13.0. The molecule has 3 N–H and O–H groups in total. The highest BCUT2D eigenvalue weighted by Gasteiger charge is 2.42. The number of nitrogens with one attached hydrogen (secondary N) is 2. The van der Waals surface area contributed by atoms with E-state index in [0.29, 0.717) is 6.42 Å². The lowest BCUT2D eigenvalue weighted by Gasteiger charge is -2.38. The molecule has 1 aliphatic heterocycles. The Morgan fingerprint density at radius 3 is 2.44 bits per heavy atom. The second-order valence-corrected chi connectivity index (χ2v) is 8.23. The molecular formula is C22H29N3O2. The van der Waals surface area contributed by atoms with Gasteiger partial charge in [0.15, 0.2) is 11.6 Å². The molecule has 2 aliphatic rings. The smallest absolute Gasteiger partial charge is 0.162 e. The van der Waals surface area contributed by atoms with Gasteiger partial charge in [-0.1, -0.05) is 43.7 Å². The molecule has 1 unspecified atom stereocenters. The van der Waals surface area contributed by atoms with E-state index in [0.717, 1.165) is 40.3 Å². The minimum absolute atomic E-state index is 0.0103. The van der Waals surface area contributed by atoms with Gasteiger partial charge < -0.3 is 10.4 Å². The first-order valence-corrected chi connectivity index (χ1v) is 9.53. The van der Waals surface area contributed by atoms with Crippen LogP contribution in [0.4, 0.5) is 5.82 Å². The molecular weight excluding hydrogens is 338 g/mol. The van der Waals surface area contributed by atoms with Crippen molar-refractivity contribution in [1.29, 1.82) is 0 Å².